The summed E-state index contributed by atoms with van der Waals surface area (Å²) in [5, 5.41) is 3.30. The molecule has 3 atom stereocenters. The number of rotatable bonds is 1. The molecule has 2 fully saturated rings. The lowest BCUT2D eigenvalue weighted by Gasteiger charge is -2.36. The summed E-state index contributed by atoms with van der Waals surface area (Å²) >= 11 is 0. The van der Waals surface area contributed by atoms with Gasteiger partial charge in [-0.15, -0.1) is 0 Å². The van der Waals surface area contributed by atoms with Crippen molar-refractivity contribution in [3.63, 3.8) is 0 Å². The molecule has 3 heterocycles. The molecule has 0 saturated carbocycles. The zero-order valence-electron chi connectivity index (χ0n) is 11.3. The Balaban J connectivity index is 1.93. The minimum atomic E-state index is -0.814. The number of hydrogen-bond donors (Lipinski definition) is 2. The second kappa shape index (κ2) is 3.21. The van der Waals surface area contributed by atoms with Gasteiger partial charge in [-0.1, -0.05) is 6.58 Å². The largest absolute Gasteiger partial charge is 0.395 e. The van der Waals surface area contributed by atoms with E-state index in [1.54, 1.807) is 14.0 Å². The summed E-state index contributed by atoms with van der Waals surface area (Å²) in [5.74, 6) is -0.511. The van der Waals surface area contributed by atoms with Crippen molar-refractivity contribution in [1.29, 1.82) is 0 Å². The minimum Gasteiger partial charge on any atom is -0.395 e. The van der Waals surface area contributed by atoms with Crippen molar-refractivity contribution in [3.05, 3.63) is 34.7 Å². The molecule has 0 bridgehead atoms. The zero-order chi connectivity index (χ0) is 14.4. The Labute approximate surface area is 115 Å². The fourth-order valence-corrected chi connectivity index (χ4v) is 3.73. The van der Waals surface area contributed by atoms with E-state index in [1.807, 2.05) is 4.90 Å². The molecule has 0 amide bonds. The van der Waals surface area contributed by atoms with Gasteiger partial charge in [-0.25, -0.2) is 0 Å². The van der Waals surface area contributed by atoms with Crippen LogP contribution in [0.4, 0.5) is 0 Å². The summed E-state index contributed by atoms with van der Waals surface area (Å²) in [6.07, 6.45) is 0. The van der Waals surface area contributed by atoms with Crippen LogP contribution in [0.2, 0.25) is 0 Å². The number of Topliss-reactive ketones (excluding diaryl/α,β-unsaturated/α-hetero) is 2. The molecular weight excluding hydrogens is 258 g/mol. The zero-order valence-corrected chi connectivity index (χ0v) is 11.3. The van der Waals surface area contributed by atoms with Crippen LogP contribution < -0.4 is 11.1 Å². The standard InChI is InChI=1S/C14H15N3O3/c1-5-9(15)12(19)8-6(2)14(20-3)13-7(16-13)4-17(14)10(8)11(5)18/h7,13,16H,2,4,15H2,1,3H3/t7-,13-,14-/m1/s1. The van der Waals surface area contributed by atoms with E-state index in [4.69, 9.17) is 10.5 Å². The van der Waals surface area contributed by atoms with Gasteiger partial charge in [-0.3, -0.25) is 9.59 Å². The first-order valence-electron chi connectivity index (χ1n) is 6.53. The molecule has 0 unspecified atom stereocenters. The molecule has 0 aromatic rings. The van der Waals surface area contributed by atoms with Crippen molar-refractivity contribution in [3.8, 4) is 0 Å². The van der Waals surface area contributed by atoms with Crippen LogP contribution in [0, 0.1) is 0 Å². The molecule has 1 aliphatic carbocycles. The Morgan fingerprint density at radius 2 is 2.15 bits per heavy atom. The second-order valence-corrected chi connectivity index (χ2v) is 5.66. The smallest absolute Gasteiger partial charge is 0.211 e. The van der Waals surface area contributed by atoms with Crippen molar-refractivity contribution in [2.24, 2.45) is 5.73 Å². The van der Waals surface area contributed by atoms with E-state index in [1.165, 1.54) is 0 Å². The predicted molar refractivity (Wildman–Crippen MR) is 70.2 cm³/mol. The molecule has 4 rings (SSSR count). The first-order valence-corrected chi connectivity index (χ1v) is 6.53. The summed E-state index contributed by atoms with van der Waals surface area (Å²) < 4.78 is 5.71. The normalized spacial score (nSPS) is 38.5. The average Bonchev–Trinajstić information content (AvgIpc) is 3.06. The Morgan fingerprint density at radius 1 is 1.45 bits per heavy atom. The monoisotopic (exact) mass is 273 g/mol. The number of carbonyl (C=O) groups excluding carboxylic acids is 2. The van der Waals surface area contributed by atoms with Crippen LogP contribution in [0.3, 0.4) is 0 Å². The van der Waals surface area contributed by atoms with Gasteiger partial charge in [0.2, 0.25) is 11.6 Å². The van der Waals surface area contributed by atoms with Gasteiger partial charge in [0, 0.05) is 30.8 Å². The van der Waals surface area contributed by atoms with Crippen LogP contribution in [-0.2, 0) is 14.3 Å². The number of ketones is 2. The van der Waals surface area contributed by atoms with E-state index in [0.717, 1.165) is 0 Å². The van der Waals surface area contributed by atoms with E-state index < -0.39 is 5.72 Å². The molecule has 0 aromatic carbocycles. The highest BCUT2D eigenvalue weighted by Crippen LogP contribution is 2.54. The summed E-state index contributed by atoms with van der Waals surface area (Å²) in [6.45, 7) is 6.26. The van der Waals surface area contributed by atoms with E-state index in [-0.39, 0.29) is 29.3 Å². The third-order valence-electron chi connectivity index (χ3n) is 4.87. The summed E-state index contributed by atoms with van der Waals surface area (Å²) in [6, 6.07) is 0.361. The first kappa shape index (κ1) is 11.9. The number of allylic oxidation sites excluding steroid dienone is 2. The summed E-state index contributed by atoms with van der Waals surface area (Å²) in [7, 11) is 1.58. The lowest BCUT2D eigenvalue weighted by atomic mass is 9.87. The van der Waals surface area contributed by atoms with Crippen LogP contribution in [0.5, 0.6) is 0 Å². The van der Waals surface area contributed by atoms with Gasteiger partial charge < -0.3 is 20.7 Å². The summed E-state index contributed by atoms with van der Waals surface area (Å²) in [4.78, 5) is 26.8. The molecule has 0 aromatic heterocycles. The molecule has 4 aliphatic rings. The molecule has 6 nitrogen and oxygen atoms in total. The number of carbonyl (C=O) groups is 2. The van der Waals surface area contributed by atoms with Gasteiger partial charge in [0.1, 0.15) is 0 Å². The Kier molecular flexibility index (Phi) is 1.91. The van der Waals surface area contributed by atoms with Crippen molar-refractivity contribution < 1.29 is 14.3 Å². The van der Waals surface area contributed by atoms with Crippen molar-refractivity contribution >= 4 is 11.6 Å². The van der Waals surface area contributed by atoms with E-state index in [9.17, 15) is 9.59 Å². The average molecular weight is 273 g/mol. The highest BCUT2D eigenvalue weighted by molar-refractivity contribution is 6.27. The topological polar surface area (TPSA) is 94.6 Å². The molecule has 6 heteroatoms. The van der Waals surface area contributed by atoms with Crippen molar-refractivity contribution in [2.75, 3.05) is 13.7 Å². The number of nitrogens with zero attached hydrogens (tertiary/aromatic N) is 1. The number of ether oxygens (including phenoxy) is 1. The molecule has 2 saturated heterocycles. The van der Waals surface area contributed by atoms with Gasteiger partial charge >= 0.3 is 0 Å². The maximum atomic E-state index is 12.5. The number of nitrogens with one attached hydrogen (secondary N) is 1. The number of nitrogens with two attached hydrogens (primary N) is 1. The molecule has 3 aliphatic heterocycles. The van der Waals surface area contributed by atoms with Crippen LogP contribution in [0.25, 0.3) is 0 Å². The maximum absolute atomic E-state index is 12.5. The predicted octanol–water partition coefficient (Wildman–Crippen LogP) is -0.806. The number of hydrogen-bond acceptors (Lipinski definition) is 6. The molecular formula is C14H15N3O3. The fraction of sp³-hybridized carbons (Fsp3) is 0.429. The Hall–Kier alpha value is -1.92. The SMILES string of the molecule is C=C1C2=C(C(=O)C(C)=C(N)C2=O)N2C[C@H]3N[C@H]3[C@]12OC. The third kappa shape index (κ3) is 0.980. The quantitative estimate of drug-likeness (QED) is 0.479. The van der Waals surface area contributed by atoms with E-state index in [0.29, 0.717) is 29.0 Å². The van der Waals surface area contributed by atoms with Crippen molar-refractivity contribution in [2.45, 2.75) is 24.7 Å². The maximum Gasteiger partial charge on any atom is 0.211 e. The van der Waals surface area contributed by atoms with Gasteiger partial charge in [0.25, 0.3) is 0 Å². The van der Waals surface area contributed by atoms with Gasteiger partial charge in [0.05, 0.1) is 23.0 Å². The molecule has 0 radical (unpaired) electrons. The lowest BCUT2D eigenvalue weighted by Crippen LogP contribution is -2.50. The van der Waals surface area contributed by atoms with E-state index >= 15 is 0 Å². The molecule has 20 heavy (non-hydrogen) atoms. The molecule has 104 valence electrons. The second-order valence-electron chi connectivity index (χ2n) is 5.66. The van der Waals surface area contributed by atoms with E-state index in [2.05, 4.69) is 11.9 Å². The number of piperazine rings is 1. The fourth-order valence-electron chi connectivity index (χ4n) is 3.73. The Bertz CT molecular complexity index is 675. The lowest BCUT2D eigenvalue weighted by molar-refractivity contribution is -0.119. The highest BCUT2D eigenvalue weighted by atomic mass is 16.5. The van der Waals surface area contributed by atoms with Gasteiger partial charge in [0.15, 0.2) is 5.72 Å². The summed E-state index contributed by atoms with van der Waals surface area (Å²) in [5.41, 5.74) is 6.55. The Morgan fingerprint density at radius 3 is 2.80 bits per heavy atom. The number of methoxy groups -OCH3 is 1. The molecule has 3 N–H and O–H groups in total. The van der Waals surface area contributed by atoms with Crippen LogP contribution >= 0.6 is 0 Å². The van der Waals surface area contributed by atoms with Gasteiger partial charge in [-0.2, -0.15) is 0 Å². The first-order chi connectivity index (χ1) is 9.45. The molecule has 0 spiro atoms. The van der Waals surface area contributed by atoms with Crippen LogP contribution in [0.1, 0.15) is 6.92 Å². The van der Waals surface area contributed by atoms with Crippen LogP contribution in [0.15, 0.2) is 34.7 Å². The minimum absolute atomic E-state index is 0.0163. The van der Waals surface area contributed by atoms with Crippen LogP contribution in [-0.4, -0.2) is 47.9 Å². The van der Waals surface area contributed by atoms with Gasteiger partial charge in [-0.05, 0) is 6.92 Å². The van der Waals surface area contributed by atoms with Crippen molar-refractivity contribution in [1.82, 2.24) is 10.2 Å². The highest BCUT2D eigenvalue weighted by Gasteiger charge is 2.70. The number of fused-ring (bicyclic) bond motifs is 4. The third-order valence-corrected chi connectivity index (χ3v) is 4.87.